The van der Waals surface area contributed by atoms with Crippen LogP contribution in [0.4, 0.5) is 21.9 Å². The molecular weight excluding hydrogens is 410 g/mol. The van der Waals surface area contributed by atoms with Crippen LogP contribution in [0.25, 0.3) is 0 Å². The molecule has 168 valence electrons. The van der Waals surface area contributed by atoms with Crippen LogP contribution in [0.15, 0.2) is 52.6 Å². The Bertz CT molecular complexity index is 1080. The summed E-state index contributed by atoms with van der Waals surface area (Å²) in [5.41, 5.74) is 15.4. The number of aliphatic imine (C=N–C) groups is 1. The second kappa shape index (κ2) is 9.58. The van der Waals surface area contributed by atoms with Crippen LogP contribution >= 0.6 is 0 Å². The Morgan fingerprint density at radius 2 is 1.84 bits per heavy atom. The molecule has 0 aliphatic carbocycles. The maximum Gasteiger partial charge on any atom is 0.321 e. The van der Waals surface area contributed by atoms with Crippen molar-refractivity contribution >= 4 is 40.9 Å². The monoisotopic (exact) mass is 438 g/mol. The molecule has 0 fully saturated rings. The molecule has 0 aromatic heterocycles. The maximum atomic E-state index is 11.5. The van der Waals surface area contributed by atoms with Crippen LogP contribution in [-0.4, -0.2) is 51.1 Å². The fourth-order valence-corrected chi connectivity index (χ4v) is 3.35. The van der Waals surface area contributed by atoms with Crippen molar-refractivity contribution in [2.45, 2.75) is 39.8 Å². The molecule has 0 saturated carbocycles. The number of nitrogens with one attached hydrogen (secondary N) is 1. The number of aryl methyl sites for hydroxylation is 1. The normalized spacial score (nSPS) is 16.3. The SMILES string of the molecule is Cc1ccc(C[N+]2=C(N)C(=Nc3ccc(N(C(C)O)C(C)O)cc3NC(N)=O)C=N2)cc1. The minimum Gasteiger partial charge on any atom is -0.374 e. The zero-order valence-corrected chi connectivity index (χ0v) is 18.2. The smallest absolute Gasteiger partial charge is 0.321 e. The van der Waals surface area contributed by atoms with E-state index in [1.54, 1.807) is 29.1 Å². The van der Waals surface area contributed by atoms with Crippen molar-refractivity contribution in [2.75, 3.05) is 10.2 Å². The van der Waals surface area contributed by atoms with E-state index < -0.39 is 18.5 Å². The number of amides is 2. The van der Waals surface area contributed by atoms with E-state index >= 15 is 0 Å². The largest absolute Gasteiger partial charge is 0.374 e. The van der Waals surface area contributed by atoms with Crippen molar-refractivity contribution in [1.82, 2.24) is 0 Å². The summed E-state index contributed by atoms with van der Waals surface area (Å²) in [5.74, 6) is 0.370. The van der Waals surface area contributed by atoms with Gasteiger partial charge >= 0.3 is 11.9 Å². The highest BCUT2D eigenvalue weighted by molar-refractivity contribution is 6.62. The molecule has 10 nitrogen and oxygen atoms in total. The number of carbonyl (C=O) groups excluding carboxylic acids is 1. The lowest BCUT2D eigenvalue weighted by Gasteiger charge is -2.31. The standard InChI is InChI=1S/C22H27N7O3/c1-13-4-6-16(7-5-13)12-28-21(23)20(11-25-28)26-18-9-8-17(10-19(18)27-22(24)32)29(14(2)30)15(3)31/h4-11,14-15,30-31H,12H2,1-3H3,(H4,23,24,25,27,32)/p+1. The van der Waals surface area contributed by atoms with Crippen LogP contribution in [0, 0.1) is 6.92 Å². The first kappa shape index (κ1) is 22.9. The Morgan fingerprint density at radius 1 is 1.19 bits per heavy atom. The van der Waals surface area contributed by atoms with Gasteiger partial charge < -0.3 is 26.2 Å². The van der Waals surface area contributed by atoms with E-state index in [9.17, 15) is 15.0 Å². The first-order valence-electron chi connectivity index (χ1n) is 10.1. The highest BCUT2D eigenvalue weighted by atomic mass is 16.3. The van der Waals surface area contributed by atoms with Gasteiger partial charge in [0.1, 0.15) is 25.2 Å². The number of carbonyl (C=O) groups is 1. The van der Waals surface area contributed by atoms with Gasteiger partial charge in [-0.3, -0.25) is 5.73 Å². The average Bonchev–Trinajstić information content (AvgIpc) is 3.04. The number of anilines is 2. The zero-order valence-electron chi connectivity index (χ0n) is 18.2. The molecule has 2 unspecified atom stereocenters. The van der Waals surface area contributed by atoms with Gasteiger partial charge in [0.15, 0.2) is 5.71 Å². The van der Waals surface area contributed by atoms with Gasteiger partial charge in [-0.1, -0.05) is 34.9 Å². The molecule has 0 radical (unpaired) electrons. The number of hydrazone groups is 1. The predicted octanol–water partition coefficient (Wildman–Crippen LogP) is 1.61. The number of urea groups is 1. The third kappa shape index (κ3) is 5.29. The number of amidine groups is 1. The average molecular weight is 439 g/mol. The van der Waals surface area contributed by atoms with Crippen LogP contribution in [-0.2, 0) is 6.54 Å². The second-order valence-electron chi connectivity index (χ2n) is 7.53. The van der Waals surface area contributed by atoms with E-state index in [1.807, 2.05) is 31.2 Å². The van der Waals surface area contributed by atoms with E-state index in [0.717, 1.165) is 5.56 Å². The van der Waals surface area contributed by atoms with Crippen molar-refractivity contribution in [2.24, 2.45) is 21.6 Å². The Morgan fingerprint density at radius 3 is 2.44 bits per heavy atom. The lowest BCUT2D eigenvalue weighted by atomic mass is 10.1. The number of nitrogens with two attached hydrogens (primary N) is 2. The molecule has 32 heavy (non-hydrogen) atoms. The molecule has 3 rings (SSSR count). The third-order valence-corrected chi connectivity index (χ3v) is 4.90. The summed E-state index contributed by atoms with van der Waals surface area (Å²) in [4.78, 5) is 17.4. The number of primary amides is 1. The third-order valence-electron chi connectivity index (χ3n) is 4.90. The minimum absolute atomic E-state index is 0.298. The van der Waals surface area contributed by atoms with Crippen LogP contribution in [0.2, 0.25) is 0 Å². The molecule has 2 aromatic carbocycles. The molecule has 0 bridgehead atoms. The Hall–Kier alpha value is -3.76. The first-order chi connectivity index (χ1) is 15.2. The van der Waals surface area contributed by atoms with Crippen LogP contribution in [0.5, 0.6) is 0 Å². The predicted molar refractivity (Wildman–Crippen MR) is 125 cm³/mol. The van der Waals surface area contributed by atoms with E-state index in [0.29, 0.717) is 35.2 Å². The molecule has 1 heterocycles. The zero-order chi connectivity index (χ0) is 23.4. The number of aliphatic hydroxyl groups is 2. The highest BCUT2D eigenvalue weighted by Crippen LogP contribution is 2.32. The Balaban J connectivity index is 1.94. The Kier molecular flexibility index (Phi) is 6.86. The van der Waals surface area contributed by atoms with Crippen molar-refractivity contribution in [3.8, 4) is 0 Å². The van der Waals surface area contributed by atoms with Crippen LogP contribution < -0.4 is 21.7 Å². The topological polar surface area (TPSA) is 153 Å². The van der Waals surface area contributed by atoms with Gasteiger partial charge in [-0.05, 0) is 44.5 Å². The van der Waals surface area contributed by atoms with E-state index in [-0.39, 0.29) is 0 Å². The summed E-state index contributed by atoms with van der Waals surface area (Å²) in [7, 11) is 0. The molecule has 0 spiro atoms. The number of benzene rings is 2. The molecule has 10 heteroatoms. The number of hydrogen-bond acceptors (Lipinski definition) is 7. The molecule has 0 saturated heterocycles. The molecule has 7 N–H and O–H groups in total. The number of rotatable bonds is 7. The molecular formula is C22H28N7O3+. The van der Waals surface area contributed by atoms with Crippen molar-refractivity contribution in [3.05, 3.63) is 53.6 Å². The van der Waals surface area contributed by atoms with Crippen LogP contribution in [0.1, 0.15) is 25.0 Å². The van der Waals surface area contributed by atoms with Gasteiger partial charge in [-0.25, -0.2) is 9.79 Å². The van der Waals surface area contributed by atoms with Gasteiger partial charge in [0, 0.05) is 5.69 Å². The summed E-state index contributed by atoms with van der Waals surface area (Å²) in [6, 6.07) is 12.2. The lowest BCUT2D eigenvalue weighted by molar-refractivity contribution is -0.546. The van der Waals surface area contributed by atoms with Crippen molar-refractivity contribution < 1.29 is 19.7 Å². The van der Waals surface area contributed by atoms with Crippen molar-refractivity contribution in [1.29, 1.82) is 0 Å². The second-order valence-corrected chi connectivity index (χ2v) is 7.53. The molecule has 1 aliphatic heterocycles. The lowest BCUT2D eigenvalue weighted by Crippen LogP contribution is -2.40. The molecule has 2 atom stereocenters. The van der Waals surface area contributed by atoms with E-state index in [2.05, 4.69) is 15.4 Å². The summed E-state index contributed by atoms with van der Waals surface area (Å²) in [6.45, 7) is 5.56. The summed E-state index contributed by atoms with van der Waals surface area (Å²) in [5, 5.41) is 26.8. The summed E-state index contributed by atoms with van der Waals surface area (Å²) < 4.78 is 1.64. The quantitative estimate of drug-likeness (QED) is 0.328. The molecule has 2 aromatic rings. The maximum absolute atomic E-state index is 11.5. The first-order valence-corrected chi connectivity index (χ1v) is 10.1. The molecule has 2 amide bonds. The van der Waals surface area contributed by atoms with E-state index in [1.165, 1.54) is 24.3 Å². The van der Waals surface area contributed by atoms with Gasteiger partial charge in [0.05, 0.1) is 11.4 Å². The number of aliphatic hydroxyl groups excluding tert-OH is 2. The van der Waals surface area contributed by atoms with Gasteiger partial charge in [-0.15, -0.1) is 4.68 Å². The van der Waals surface area contributed by atoms with Crippen molar-refractivity contribution in [3.63, 3.8) is 0 Å². The highest BCUT2D eigenvalue weighted by Gasteiger charge is 2.23. The number of hydrogen-bond donors (Lipinski definition) is 5. The van der Waals surface area contributed by atoms with Gasteiger partial charge in [0.2, 0.25) is 0 Å². The van der Waals surface area contributed by atoms with Gasteiger partial charge in [0.25, 0.3) is 0 Å². The Labute approximate surface area is 186 Å². The number of nitrogens with zero attached hydrogens (tertiary/aromatic N) is 4. The fourth-order valence-electron chi connectivity index (χ4n) is 3.35. The fraction of sp³-hybridized carbons (Fsp3) is 0.273. The summed E-state index contributed by atoms with van der Waals surface area (Å²) >= 11 is 0. The van der Waals surface area contributed by atoms with Gasteiger partial charge in [-0.2, -0.15) is 0 Å². The summed E-state index contributed by atoms with van der Waals surface area (Å²) in [6.07, 6.45) is -0.381. The molecule has 1 aliphatic rings. The van der Waals surface area contributed by atoms with E-state index in [4.69, 9.17) is 11.5 Å². The minimum atomic E-state index is -0.963. The van der Waals surface area contributed by atoms with Crippen LogP contribution in [0.3, 0.4) is 0 Å².